The lowest BCUT2D eigenvalue weighted by atomic mass is 10.1. The first kappa shape index (κ1) is 25.8. The Balaban J connectivity index is 0.00000450. The van der Waals surface area contributed by atoms with Crippen LogP contribution in [0.2, 0.25) is 0 Å². The molecule has 2 aromatic rings. The average molecular weight is 437 g/mol. The van der Waals surface area contributed by atoms with Gasteiger partial charge in [0.05, 0.1) is 6.20 Å². The Labute approximate surface area is 187 Å². The van der Waals surface area contributed by atoms with Crippen LogP contribution < -0.4 is 11.1 Å². The van der Waals surface area contributed by atoms with Gasteiger partial charge in [-0.15, -0.1) is 12.4 Å². The number of halogens is 1. The molecule has 0 saturated carbocycles. The van der Waals surface area contributed by atoms with Crippen LogP contribution in [0.25, 0.3) is 0 Å². The number of aromatic nitrogens is 2. The molecule has 0 radical (unpaired) electrons. The molecule has 0 saturated heterocycles. The van der Waals surface area contributed by atoms with E-state index in [1.807, 2.05) is 36.5 Å². The molecule has 0 bridgehead atoms. The molecule has 3 N–H and O–H groups in total. The third-order valence-electron chi connectivity index (χ3n) is 5.05. The summed E-state index contributed by atoms with van der Waals surface area (Å²) in [6.45, 7) is 4.08. The zero-order chi connectivity index (χ0) is 20.7. The number of hydrogen-bond acceptors (Lipinski definition) is 4. The standard InChI is InChI=1S/C23H36N4O2.ClH/c1-2-3-4-5-6-12-17-27-21(18-26-22(27)24)15-10-11-16-25-23(28)29-19-20-13-8-7-9-14-20;/h7-9,13-14,18H,2-6,10-12,15-17,19H2,1H3,(H2,24,26)(H,25,28);1H. The number of carbonyl (C=O) groups is 1. The summed E-state index contributed by atoms with van der Waals surface area (Å²) in [6, 6.07) is 9.68. The van der Waals surface area contributed by atoms with Gasteiger partial charge >= 0.3 is 6.09 Å². The van der Waals surface area contributed by atoms with Crippen molar-refractivity contribution in [3.63, 3.8) is 0 Å². The highest BCUT2D eigenvalue weighted by molar-refractivity contribution is 5.85. The first-order chi connectivity index (χ1) is 14.2. The fourth-order valence-corrected chi connectivity index (χ4v) is 3.33. The topological polar surface area (TPSA) is 82.2 Å². The number of nitrogens with one attached hydrogen (secondary N) is 1. The average Bonchev–Trinajstić information content (AvgIpc) is 3.09. The van der Waals surface area contributed by atoms with Gasteiger partial charge in [0.1, 0.15) is 6.61 Å². The number of rotatable bonds is 14. The Kier molecular flexibility index (Phi) is 13.4. The van der Waals surface area contributed by atoms with Gasteiger partial charge in [0.15, 0.2) is 5.95 Å². The van der Waals surface area contributed by atoms with Crippen molar-refractivity contribution in [2.75, 3.05) is 12.3 Å². The van der Waals surface area contributed by atoms with Crippen LogP contribution in [-0.2, 0) is 24.3 Å². The number of anilines is 1. The van der Waals surface area contributed by atoms with Crippen LogP contribution in [0.5, 0.6) is 0 Å². The van der Waals surface area contributed by atoms with Crippen molar-refractivity contribution in [2.45, 2.75) is 77.9 Å². The number of nitrogen functional groups attached to an aromatic ring is 1. The summed E-state index contributed by atoms with van der Waals surface area (Å²) >= 11 is 0. The summed E-state index contributed by atoms with van der Waals surface area (Å²) in [5.41, 5.74) is 8.20. The summed E-state index contributed by atoms with van der Waals surface area (Å²) in [5.74, 6) is 0.608. The van der Waals surface area contributed by atoms with E-state index in [-0.39, 0.29) is 18.5 Å². The predicted molar refractivity (Wildman–Crippen MR) is 125 cm³/mol. The van der Waals surface area contributed by atoms with Crippen molar-refractivity contribution in [3.05, 3.63) is 47.8 Å². The highest BCUT2D eigenvalue weighted by Gasteiger charge is 2.07. The van der Waals surface area contributed by atoms with Crippen LogP contribution >= 0.6 is 12.4 Å². The fourth-order valence-electron chi connectivity index (χ4n) is 3.33. The number of amides is 1. The lowest BCUT2D eigenvalue weighted by Crippen LogP contribution is -2.25. The first-order valence-corrected chi connectivity index (χ1v) is 10.9. The van der Waals surface area contributed by atoms with Crippen LogP contribution in [0.3, 0.4) is 0 Å². The first-order valence-electron chi connectivity index (χ1n) is 10.9. The Hall–Kier alpha value is -2.21. The van der Waals surface area contributed by atoms with Crippen LogP contribution in [0, 0.1) is 0 Å². The van der Waals surface area contributed by atoms with E-state index in [2.05, 4.69) is 21.8 Å². The van der Waals surface area contributed by atoms with Gasteiger partial charge in [-0.05, 0) is 31.2 Å². The number of unbranched alkanes of at least 4 members (excludes halogenated alkanes) is 6. The minimum absolute atomic E-state index is 0. The molecule has 1 aromatic heterocycles. The van der Waals surface area contributed by atoms with Crippen molar-refractivity contribution in [1.29, 1.82) is 0 Å². The van der Waals surface area contributed by atoms with Gasteiger partial charge in [-0.2, -0.15) is 0 Å². The van der Waals surface area contributed by atoms with Crippen molar-refractivity contribution in [2.24, 2.45) is 0 Å². The van der Waals surface area contributed by atoms with E-state index in [9.17, 15) is 4.79 Å². The molecule has 0 spiro atoms. The zero-order valence-corrected chi connectivity index (χ0v) is 19.0. The van der Waals surface area contributed by atoms with Crippen molar-refractivity contribution in [1.82, 2.24) is 14.9 Å². The monoisotopic (exact) mass is 436 g/mol. The summed E-state index contributed by atoms with van der Waals surface area (Å²) in [4.78, 5) is 16.0. The Bertz CT molecular complexity index is 706. The molecule has 0 unspecified atom stereocenters. The lowest BCUT2D eigenvalue weighted by molar-refractivity contribution is 0.139. The summed E-state index contributed by atoms with van der Waals surface area (Å²) in [5, 5.41) is 2.81. The van der Waals surface area contributed by atoms with Crippen LogP contribution in [0.1, 0.15) is 69.5 Å². The Morgan fingerprint density at radius 2 is 1.80 bits per heavy atom. The predicted octanol–water partition coefficient (Wildman–Crippen LogP) is 5.50. The molecule has 1 aromatic carbocycles. The third kappa shape index (κ3) is 10.0. The van der Waals surface area contributed by atoms with Crippen LogP contribution in [-0.4, -0.2) is 22.2 Å². The number of nitrogens with zero attached hydrogens (tertiary/aromatic N) is 2. The fraction of sp³-hybridized carbons (Fsp3) is 0.565. The zero-order valence-electron chi connectivity index (χ0n) is 18.1. The maximum Gasteiger partial charge on any atom is 0.407 e. The maximum absolute atomic E-state index is 11.8. The van der Waals surface area contributed by atoms with Crippen LogP contribution in [0.4, 0.5) is 10.7 Å². The minimum Gasteiger partial charge on any atom is -0.445 e. The number of aryl methyl sites for hydroxylation is 1. The van der Waals surface area contributed by atoms with E-state index in [0.29, 0.717) is 19.1 Å². The molecule has 30 heavy (non-hydrogen) atoms. The number of ether oxygens (including phenoxy) is 1. The van der Waals surface area contributed by atoms with Gasteiger partial charge in [-0.1, -0.05) is 69.4 Å². The summed E-state index contributed by atoms with van der Waals surface area (Å²) in [6.07, 6.45) is 11.9. The maximum atomic E-state index is 11.8. The van der Waals surface area contributed by atoms with Gasteiger partial charge in [-0.3, -0.25) is 0 Å². The molecule has 0 fully saturated rings. The lowest BCUT2D eigenvalue weighted by Gasteiger charge is -2.10. The second-order valence-electron chi connectivity index (χ2n) is 7.47. The Morgan fingerprint density at radius 1 is 1.07 bits per heavy atom. The number of imidazole rings is 1. The normalized spacial score (nSPS) is 10.4. The second kappa shape index (κ2) is 15.6. The molecule has 1 amide bonds. The highest BCUT2D eigenvalue weighted by Crippen LogP contribution is 2.14. The van der Waals surface area contributed by atoms with Gasteiger partial charge in [0.2, 0.25) is 0 Å². The third-order valence-corrected chi connectivity index (χ3v) is 5.05. The van der Waals surface area contributed by atoms with Crippen LogP contribution in [0.15, 0.2) is 36.5 Å². The molecule has 0 aliphatic heterocycles. The molecular formula is C23H37ClN4O2. The molecule has 1 heterocycles. The van der Waals surface area contributed by atoms with E-state index >= 15 is 0 Å². The smallest absolute Gasteiger partial charge is 0.407 e. The van der Waals surface area contributed by atoms with Crippen molar-refractivity contribution >= 4 is 24.4 Å². The van der Waals surface area contributed by atoms with Gasteiger partial charge in [0.25, 0.3) is 0 Å². The number of nitrogens with two attached hydrogens (primary N) is 1. The van der Waals surface area contributed by atoms with Gasteiger partial charge in [-0.25, -0.2) is 9.78 Å². The SMILES string of the molecule is CCCCCCCCn1c(CCCCNC(=O)OCc2ccccc2)cnc1N.Cl. The molecule has 2 rings (SSSR count). The second-order valence-corrected chi connectivity index (χ2v) is 7.47. The van der Waals surface area contributed by atoms with E-state index < -0.39 is 0 Å². The molecule has 0 aliphatic rings. The molecule has 6 nitrogen and oxygen atoms in total. The molecule has 168 valence electrons. The number of benzene rings is 1. The van der Waals surface area contributed by atoms with Gasteiger partial charge in [0, 0.05) is 18.8 Å². The largest absolute Gasteiger partial charge is 0.445 e. The van der Waals surface area contributed by atoms with E-state index in [1.54, 1.807) is 0 Å². The number of carbonyl (C=O) groups excluding carboxylic acids is 1. The van der Waals surface area contributed by atoms with Crippen molar-refractivity contribution < 1.29 is 9.53 Å². The van der Waals surface area contributed by atoms with E-state index in [1.165, 1.54) is 37.8 Å². The summed E-state index contributed by atoms with van der Waals surface area (Å²) < 4.78 is 7.35. The number of hydrogen-bond donors (Lipinski definition) is 2. The quantitative estimate of drug-likeness (QED) is 0.383. The van der Waals surface area contributed by atoms with E-state index in [0.717, 1.165) is 37.8 Å². The molecule has 0 aliphatic carbocycles. The van der Waals surface area contributed by atoms with Gasteiger partial charge < -0.3 is 20.4 Å². The summed E-state index contributed by atoms with van der Waals surface area (Å²) in [7, 11) is 0. The molecule has 7 heteroatoms. The van der Waals surface area contributed by atoms with Crippen molar-refractivity contribution in [3.8, 4) is 0 Å². The Morgan fingerprint density at radius 3 is 2.57 bits per heavy atom. The number of alkyl carbamates (subject to hydrolysis) is 1. The molecule has 0 atom stereocenters. The highest BCUT2D eigenvalue weighted by atomic mass is 35.5. The molecular weight excluding hydrogens is 400 g/mol. The van der Waals surface area contributed by atoms with E-state index in [4.69, 9.17) is 10.5 Å². The minimum atomic E-state index is -0.369.